The molecule has 6 nitrogen and oxygen atoms in total. The Kier molecular flexibility index (Phi) is 5.17. The highest BCUT2D eigenvalue weighted by Gasteiger charge is 2.27. The molecule has 0 saturated carbocycles. The van der Waals surface area contributed by atoms with Crippen molar-refractivity contribution in [2.45, 2.75) is 45.6 Å². The number of thiophene rings is 1. The molecule has 3 aromatic rings. The number of aromatic nitrogens is 2. The van der Waals surface area contributed by atoms with E-state index in [2.05, 4.69) is 6.92 Å². The lowest BCUT2D eigenvalue weighted by Gasteiger charge is -2.19. The minimum atomic E-state index is -0.776. The summed E-state index contributed by atoms with van der Waals surface area (Å²) in [4.78, 5) is 32.4. The topological polar surface area (TPSA) is 87.2 Å². The summed E-state index contributed by atoms with van der Waals surface area (Å²) in [5.74, 6) is 1.31. The lowest BCUT2D eigenvalue weighted by Crippen LogP contribution is -2.35. The van der Waals surface area contributed by atoms with Crippen molar-refractivity contribution >= 4 is 27.5 Å². The molecule has 2 heterocycles. The smallest absolute Gasteiger partial charge is 0.263 e. The molecular formula is C22H25N3O3S. The summed E-state index contributed by atoms with van der Waals surface area (Å²) in [6, 6.07) is 6.85. The molecule has 1 aliphatic carbocycles. The van der Waals surface area contributed by atoms with Crippen LogP contribution in [0.2, 0.25) is 0 Å². The number of para-hydroxylation sites is 1. The second kappa shape index (κ2) is 7.63. The van der Waals surface area contributed by atoms with Crippen LogP contribution in [-0.2, 0) is 24.1 Å². The molecule has 1 aliphatic rings. The average Bonchev–Trinajstić information content (AvgIpc) is 3.05. The third-order valence-electron chi connectivity index (χ3n) is 5.77. The van der Waals surface area contributed by atoms with Gasteiger partial charge in [-0.2, -0.15) is 0 Å². The highest BCUT2D eigenvalue weighted by molar-refractivity contribution is 7.18. The third kappa shape index (κ3) is 3.44. The Morgan fingerprint density at radius 3 is 2.90 bits per heavy atom. The van der Waals surface area contributed by atoms with E-state index in [4.69, 9.17) is 15.5 Å². The largest absolute Gasteiger partial charge is 0.496 e. The molecule has 1 amide bonds. The quantitative estimate of drug-likeness (QED) is 0.698. The van der Waals surface area contributed by atoms with E-state index in [1.807, 2.05) is 24.3 Å². The first-order chi connectivity index (χ1) is 13.9. The molecule has 2 N–H and O–H groups in total. The fourth-order valence-corrected chi connectivity index (χ4v) is 5.51. The van der Waals surface area contributed by atoms with Crippen molar-refractivity contribution in [2.75, 3.05) is 7.11 Å². The molecule has 7 heteroatoms. The van der Waals surface area contributed by atoms with Gasteiger partial charge in [0.1, 0.15) is 22.4 Å². The summed E-state index contributed by atoms with van der Waals surface area (Å²) in [6.07, 6.45) is 3.30. The van der Waals surface area contributed by atoms with Gasteiger partial charge in [-0.05, 0) is 43.7 Å². The lowest BCUT2D eigenvalue weighted by molar-refractivity contribution is -0.120. The van der Waals surface area contributed by atoms with Crippen LogP contribution in [0.4, 0.5) is 0 Å². The lowest BCUT2D eigenvalue weighted by atomic mass is 9.89. The second-order valence-electron chi connectivity index (χ2n) is 7.80. The summed E-state index contributed by atoms with van der Waals surface area (Å²) in [5.41, 5.74) is 7.42. The van der Waals surface area contributed by atoms with Crippen LogP contribution in [0.25, 0.3) is 10.2 Å². The number of primary amides is 1. The normalized spacial score (nSPS) is 17.1. The summed E-state index contributed by atoms with van der Waals surface area (Å²) in [6.45, 7) is 3.89. The zero-order valence-corrected chi connectivity index (χ0v) is 17.7. The first-order valence-corrected chi connectivity index (χ1v) is 10.7. The van der Waals surface area contributed by atoms with Crippen molar-refractivity contribution in [1.29, 1.82) is 0 Å². The zero-order valence-electron chi connectivity index (χ0n) is 16.9. The maximum Gasteiger partial charge on any atom is 0.263 e. The number of aryl methyl sites for hydroxylation is 1. The van der Waals surface area contributed by atoms with Crippen molar-refractivity contribution in [1.82, 2.24) is 9.55 Å². The molecule has 2 unspecified atom stereocenters. The van der Waals surface area contributed by atoms with E-state index < -0.39 is 11.9 Å². The van der Waals surface area contributed by atoms with Crippen molar-refractivity contribution in [3.05, 3.63) is 56.4 Å². The van der Waals surface area contributed by atoms with Crippen LogP contribution < -0.4 is 16.0 Å². The zero-order chi connectivity index (χ0) is 20.7. The molecule has 152 valence electrons. The summed E-state index contributed by atoms with van der Waals surface area (Å²) < 4.78 is 6.93. The van der Waals surface area contributed by atoms with Gasteiger partial charge in [0.2, 0.25) is 5.91 Å². The standard InChI is InChI=1S/C22H25N3O3S/c1-12-8-9-15-17(10-12)29-21-19(15)22(27)25(13(2)20(23)26)18(24-21)11-14-6-4-5-7-16(14)28-3/h4-7,12-13H,8-11H2,1-3H3,(H2,23,26). The minimum Gasteiger partial charge on any atom is -0.496 e. The Morgan fingerprint density at radius 1 is 1.41 bits per heavy atom. The number of carbonyl (C=O) groups excluding carboxylic acids is 1. The van der Waals surface area contributed by atoms with Gasteiger partial charge in [0, 0.05) is 16.9 Å². The van der Waals surface area contributed by atoms with E-state index in [0.717, 1.165) is 41.0 Å². The van der Waals surface area contributed by atoms with E-state index in [9.17, 15) is 9.59 Å². The predicted molar refractivity (Wildman–Crippen MR) is 115 cm³/mol. The number of rotatable bonds is 5. The molecule has 29 heavy (non-hydrogen) atoms. The number of nitrogens with two attached hydrogens (primary N) is 1. The molecule has 0 spiro atoms. The van der Waals surface area contributed by atoms with E-state index in [1.165, 1.54) is 9.44 Å². The Hall–Kier alpha value is -2.67. The molecule has 0 fully saturated rings. The van der Waals surface area contributed by atoms with E-state index in [1.54, 1.807) is 25.4 Å². The third-order valence-corrected chi connectivity index (χ3v) is 6.92. The number of ether oxygens (including phenoxy) is 1. The van der Waals surface area contributed by atoms with Gasteiger partial charge in [-0.25, -0.2) is 4.98 Å². The van der Waals surface area contributed by atoms with Crippen LogP contribution in [0.1, 0.15) is 48.1 Å². The number of carbonyl (C=O) groups is 1. The fraction of sp³-hybridized carbons (Fsp3) is 0.409. The number of hydrogen-bond acceptors (Lipinski definition) is 5. The Morgan fingerprint density at radius 2 is 2.17 bits per heavy atom. The summed E-state index contributed by atoms with van der Waals surface area (Å²) >= 11 is 1.61. The van der Waals surface area contributed by atoms with E-state index >= 15 is 0 Å². The summed E-state index contributed by atoms with van der Waals surface area (Å²) in [7, 11) is 1.61. The van der Waals surface area contributed by atoms with Gasteiger partial charge in [0.15, 0.2) is 0 Å². The molecule has 0 bridgehead atoms. The van der Waals surface area contributed by atoms with Gasteiger partial charge < -0.3 is 10.5 Å². The van der Waals surface area contributed by atoms with Crippen molar-refractivity contribution in [3.63, 3.8) is 0 Å². The van der Waals surface area contributed by atoms with Crippen molar-refractivity contribution in [3.8, 4) is 5.75 Å². The van der Waals surface area contributed by atoms with Gasteiger partial charge in [-0.3, -0.25) is 14.2 Å². The number of methoxy groups -OCH3 is 1. The molecule has 2 atom stereocenters. The number of fused-ring (bicyclic) bond motifs is 3. The molecule has 2 aromatic heterocycles. The maximum atomic E-state index is 13.5. The molecule has 0 saturated heterocycles. The second-order valence-corrected chi connectivity index (χ2v) is 8.89. The Bertz CT molecular complexity index is 1150. The van der Waals surface area contributed by atoms with Crippen LogP contribution >= 0.6 is 11.3 Å². The van der Waals surface area contributed by atoms with Gasteiger partial charge in [-0.15, -0.1) is 11.3 Å². The molecule has 1 aromatic carbocycles. The number of hydrogen-bond donors (Lipinski definition) is 1. The van der Waals surface area contributed by atoms with Crippen LogP contribution in [0.5, 0.6) is 5.75 Å². The van der Waals surface area contributed by atoms with E-state index in [0.29, 0.717) is 23.5 Å². The number of nitrogens with zero attached hydrogens (tertiary/aromatic N) is 2. The van der Waals surface area contributed by atoms with Gasteiger partial charge in [0.05, 0.1) is 12.5 Å². The molecular weight excluding hydrogens is 386 g/mol. The Labute approximate surface area is 173 Å². The van der Waals surface area contributed by atoms with Gasteiger partial charge in [0.25, 0.3) is 5.56 Å². The van der Waals surface area contributed by atoms with Gasteiger partial charge in [-0.1, -0.05) is 25.1 Å². The first kappa shape index (κ1) is 19.6. The van der Waals surface area contributed by atoms with Crippen molar-refractivity contribution in [2.24, 2.45) is 11.7 Å². The average molecular weight is 412 g/mol. The van der Waals surface area contributed by atoms with Crippen LogP contribution in [0, 0.1) is 5.92 Å². The van der Waals surface area contributed by atoms with Crippen molar-refractivity contribution < 1.29 is 9.53 Å². The van der Waals surface area contributed by atoms with E-state index in [-0.39, 0.29) is 5.56 Å². The monoisotopic (exact) mass is 411 g/mol. The van der Waals surface area contributed by atoms with Gasteiger partial charge >= 0.3 is 0 Å². The highest BCUT2D eigenvalue weighted by atomic mass is 32.1. The SMILES string of the molecule is COc1ccccc1Cc1nc2sc3c(c2c(=O)n1C(C)C(N)=O)CCC(C)C3. The highest BCUT2D eigenvalue weighted by Crippen LogP contribution is 2.36. The molecule has 0 radical (unpaired) electrons. The van der Waals surface area contributed by atoms with Crippen LogP contribution in [-0.4, -0.2) is 22.6 Å². The predicted octanol–water partition coefficient (Wildman–Crippen LogP) is 3.23. The molecule has 0 aliphatic heterocycles. The number of benzene rings is 1. The number of amides is 1. The summed E-state index contributed by atoms with van der Waals surface area (Å²) in [5, 5.41) is 0.661. The van der Waals surface area contributed by atoms with Crippen LogP contribution in [0.15, 0.2) is 29.1 Å². The minimum absolute atomic E-state index is 0.168. The molecule has 4 rings (SSSR count). The van der Waals surface area contributed by atoms with Crippen LogP contribution in [0.3, 0.4) is 0 Å². The first-order valence-electron chi connectivity index (χ1n) is 9.87. The maximum absolute atomic E-state index is 13.5. The Balaban J connectivity index is 1.94. The fourth-order valence-electron chi connectivity index (χ4n) is 4.12.